The Morgan fingerprint density at radius 3 is 1.74 bits per heavy atom. The van der Waals surface area contributed by atoms with Crippen LogP contribution in [0.4, 0.5) is 17.1 Å². The second-order valence-electron chi connectivity index (χ2n) is 12.9. The van der Waals surface area contributed by atoms with Gasteiger partial charge in [-0.2, -0.15) is 0 Å². The molecule has 10 aromatic rings. The molecule has 0 saturated carbocycles. The van der Waals surface area contributed by atoms with E-state index in [0.29, 0.717) is 0 Å². The third-order valence-corrected chi connectivity index (χ3v) is 10.0. The minimum Gasteiger partial charge on any atom is -0.453 e. The second-order valence-corrected chi connectivity index (χ2v) is 12.9. The number of furan rings is 1. The molecule has 0 aliphatic rings. The first-order valence-corrected chi connectivity index (χ1v) is 17.1. The molecule has 0 aliphatic carbocycles. The van der Waals surface area contributed by atoms with E-state index in [1.54, 1.807) is 0 Å². The van der Waals surface area contributed by atoms with Crippen LogP contribution >= 0.6 is 0 Å². The maximum Gasteiger partial charge on any atom is 0.159 e. The van der Waals surface area contributed by atoms with Crippen LogP contribution < -0.4 is 4.90 Å². The molecule has 10 rings (SSSR count). The van der Waals surface area contributed by atoms with Crippen molar-refractivity contribution < 1.29 is 4.42 Å². The normalized spacial score (nSPS) is 11.6. The van der Waals surface area contributed by atoms with Gasteiger partial charge in [0.2, 0.25) is 0 Å². The van der Waals surface area contributed by atoms with Crippen molar-refractivity contribution in [2.75, 3.05) is 4.90 Å². The summed E-state index contributed by atoms with van der Waals surface area (Å²) in [5, 5.41) is 9.34. The maximum atomic E-state index is 7.05. The summed E-state index contributed by atoms with van der Waals surface area (Å²) in [7, 11) is 0. The highest BCUT2D eigenvalue weighted by atomic mass is 16.3. The van der Waals surface area contributed by atoms with Crippen molar-refractivity contribution in [1.82, 2.24) is 0 Å². The van der Waals surface area contributed by atoms with Crippen LogP contribution in [0.15, 0.2) is 192 Å². The van der Waals surface area contributed by atoms with E-state index in [0.717, 1.165) is 44.4 Å². The molecule has 0 bridgehead atoms. The lowest BCUT2D eigenvalue weighted by atomic mass is 9.94. The highest BCUT2D eigenvalue weighted by Crippen LogP contribution is 2.47. The topological polar surface area (TPSA) is 16.4 Å². The number of nitrogens with zero attached hydrogens (tertiary/aromatic N) is 1. The van der Waals surface area contributed by atoms with Crippen molar-refractivity contribution in [3.8, 4) is 22.3 Å². The molecule has 234 valence electrons. The van der Waals surface area contributed by atoms with Gasteiger partial charge in [0.25, 0.3) is 0 Å². The molecule has 9 aromatic carbocycles. The van der Waals surface area contributed by atoms with Crippen LogP contribution in [0.3, 0.4) is 0 Å². The zero-order valence-corrected chi connectivity index (χ0v) is 27.3. The first-order chi connectivity index (χ1) is 24.8. The highest BCUT2D eigenvalue weighted by Gasteiger charge is 2.22. The number of anilines is 3. The molecule has 0 fully saturated rings. The SMILES string of the molecule is c1ccc(-c2ccc(N(c3cccc4ccccc34)c3cccc4c3oc3c5ccccc5c(-c5ccc6ccccc6c5)cc43)cc2)cc1. The van der Waals surface area contributed by atoms with Gasteiger partial charge in [0.05, 0.1) is 11.4 Å². The highest BCUT2D eigenvalue weighted by molar-refractivity contribution is 6.21. The Morgan fingerprint density at radius 2 is 0.900 bits per heavy atom. The minimum absolute atomic E-state index is 0.864. The Morgan fingerprint density at radius 1 is 0.320 bits per heavy atom. The largest absolute Gasteiger partial charge is 0.453 e. The molecule has 0 radical (unpaired) electrons. The van der Waals surface area contributed by atoms with E-state index in [2.05, 4.69) is 193 Å². The van der Waals surface area contributed by atoms with Crippen LogP contribution in [-0.2, 0) is 0 Å². The summed E-state index contributed by atoms with van der Waals surface area (Å²) in [5.41, 5.74) is 9.72. The molecule has 0 spiro atoms. The fourth-order valence-electron chi connectivity index (χ4n) is 7.62. The lowest BCUT2D eigenvalue weighted by Crippen LogP contribution is -2.10. The van der Waals surface area contributed by atoms with Gasteiger partial charge in [-0.15, -0.1) is 0 Å². The van der Waals surface area contributed by atoms with E-state index in [1.165, 1.54) is 49.2 Å². The van der Waals surface area contributed by atoms with Gasteiger partial charge < -0.3 is 9.32 Å². The van der Waals surface area contributed by atoms with Crippen LogP contribution in [0.2, 0.25) is 0 Å². The van der Waals surface area contributed by atoms with E-state index in [1.807, 2.05) is 0 Å². The Kier molecular flexibility index (Phi) is 6.53. The number of hydrogen-bond donors (Lipinski definition) is 0. The lowest BCUT2D eigenvalue weighted by Gasteiger charge is -2.27. The van der Waals surface area contributed by atoms with Gasteiger partial charge in [-0.25, -0.2) is 0 Å². The zero-order chi connectivity index (χ0) is 33.0. The molecular weight excluding hydrogens is 607 g/mol. The van der Waals surface area contributed by atoms with Crippen LogP contribution in [0, 0.1) is 0 Å². The quantitative estimate of drug-likeness (QED) is 0.187. The first-order valence-electron chi connectivity index (χ1n) is 17.1. The molecule has 1 heterocycles. The van der Waals surface area contributed by atoms with E-state index in [4.69, 9.17) is 4.42 Å². The monoisotopic (exact) mass is 637 g/mol. The van der Waals surface area contributed by atoms with Crippen molar-refractivity contribution in [3.05, 3.63) is 188 Å². The van der Waals surface area contributed by atoms with Crippen molar-refractivity contribution in [1.29, 1.82) is 0 Å². The van der Waals surface area contributed by atoms with Crippen molar-refractivity contribution in [3.63, 3.8) is 0 Å². The zero-order valence-electron chi connectivity index (χ0n) is 27.3. The Labute approximate surface area is 290 Å². The number of benzene rings is 9. The van der Waals surface area contributed by atoms with E-state index in [9.17, 15) is 0 Å². The van der Waals surface area contributed by atoms with Gasteiger partial charge >= 0.3 is 0 Å². The van der Waals surface area contributed by atoms with E-state index >= 15 is 0 Å². The standard InChI is InChI=1S/C48H31NO/c1-2-12-32(13-3-1)34-26-28-38(29-27-34)49(45-22-10-17-35-15-6-7-18-39(35)45)46-23-11-21-42-44-31-43(37-25-24-33-14-4-5-16-36(33)30-37)40-19-8-9-20-41(40)47(44)50-48(42)46/h1-31H. The Bertz CT molecular complexity index is 2860. The van der Waals surface area contributed by atoms with Crippen LogP contribution in [0.25, 0.3) is 76.5 Å². The van der Waals surface area contributed by atoms with Gasteiger partial charge in [-0.05, 0) is 80.2 Å². The molecule has 0 aliphatic heterocycles. The molecule has 2 nitrogen and oxygen atoms in total. The van der Waals surface area contributed by atoms with E-state index < -0.39 is 0 Å². The van der Waals surface area contributed by atoms with Crippen LogP contribution in [-0.4, -0.2) is 0 Å². The molecule has 2 heteroatoms. The number of fused-ring (bicyclic) bond motifs is 7. The summed E-state index contributed by atoms with van der Waals surface area (Å²) in [6.45, 7) is 0. The number of para-hydroxylation sites is 1. The van der Waals surface area contributed by atoms with Gasteiger partial charge in [0.1, 0.15) is 5.58 Å². The fourth-order valence-corrected chi connectivity index (χ4v) is 7.62. The molecule has 0 atom stereocenters. The van der Waals surface area contributed by atoms with Crippen molar-refractivity contribution >= 4 is 71.3 Å². The summed E-state index contributed by atoms with van der Waals surface area (Å²) in [6, 6.07) is 67.4. The summed E-state index contributed by atoms with van der Waals surface area (Å²) in [6.07, 6.45) is 0. The first kappa shape index (κ1) is 28.4. The van der Waals surface area contributed by atoms with Gasteiger partial charge in [-0.3, -0.25) is 0 Å². The summed E-state index contributed by atoms with van der Waals surface area (Å²) < 4.78 is 7.05. The summed E-state index contributed by atoms with van der Waals surface area (Å²) in [5.74, 6) is 0. The average Bonchev–Trinajstić information content (AvgIpc) is 3.58. The summed E-state index contributed by atoms with van der Waals surface area (Å²) >= 11 is 0. The molecule has 0 N–H and O–H groups in total. The minimum atomic E-state index is 0.864. The molecule has 1 aromatic heterocycles. The maximum absolute atomic E-state index is 7.05. The van der Waals surface area contributed by atoms with Gasteiger partial charge in [-0.1, -0.05) is 152 Å². The fraction of sp³-hybridized carbons (Fsp3) is 0. The number of rotatable bonds is 5. The van der Waals surface area contributed by atoms with Crippen molar-refractivity contribution in [2.45, 2.75) is 0 Å². The average molecular weight is 638 g/mol. The van der Waals surface area contributed by atoms with Gasteiger partial charge in [0, 0.05) is 27.2 Å². The molecule has 0 amide bonds. The third kappa shape index (κ3) is 4.57. The Balaban J connectivity index is 1.23. The molecule has 0 unspecified atom stereocenters. The van der Waals surface area contributed by atoms with E-state index in [-0.39, 0.29) is 0 Å². The molecular formula is C48H31NO. The predicted octanol–water partition coefficient (Wildman–Crippen LogP) is 13.8. The summed E-state index contributed by atoms with van der Waals surface area (Å²) in [4.78, 5) is 2.36. The number of hydrogen-bond acceptors (Lipinski definition) is 2. The smallest absolute Gasteiger partial charge is 0.159 e. The second kappa shape index (κ2) is 11.5. The van der Waals surface area contributed by atoms with Crippen LogP contribution in [0.1, 0.15) is 0 Å². The predicted molar refractivity (Wildman–Crippen MR) is 212 cm³/mol. The molecule has 0 saturated heterocycles. The lowest BCUT2D eigenvalue weighted by molar-refractivity contribution is 0.673. The van der Waals surface area contributed by atoms with Crippen LogP contribution in [0.5, 0.6) is 0 Å². The third-order valence-electron chi connectivity index (χ3n) is 10.0. The Hall–Kier alpha value is -6.64. The molecule has 50 heavy (non-hydrogen) atoms. The van der Waals surface area contributed by atoms with Crippen molar-refractivity contribution in [2.24, 2.45) is 0 Å². The van der Waals surface area contributed by atoms with Gasteiger partial charge in [0.15, 0.2) is 5.58 Å².